The number of aromatic hydroxyl groups is 1. The number of hydrogen-bond acceptors (Lipinski definition) is 4. The summed E-state index contributed by atoms with van der Waals surface area (Å²) in [5.74, 6) is -0.616. The molecule has 2 N–H and O–H groups in total. The van der Waals surface area contributed by atoms with Crippen LogP contribution in [0.25, 0.3) is 10.8 Å². The van der Waals surface area contributed by atoms with Crippen LogP contribution < -0.4 is 5.32 Å². The summed E-state index contributed by atoms with van der Waals surface area (Å²) in [4.78, 5) is 21.9. The fourth-order valence-corrected chi connectivity index (χ4v) is 1.88. The van der Waals surface area contributed by atoms with Crippen molar-refractivity contribution in [2.75, 3.05) is 5.32 Å². The Hall–Kier alpha value is -2.63. The lowest BCUT2D eigenvalue weighted by Crippen LogP contribution is -2.17. The van der Waals surface area contributed by atoms with Gasteiger partial charge >= 0.3 is 0 Å². The predicted molar refractivity (Wildman–Crippen MR) is 75.7 cm³/mol. The van der Waals surface area contributed by atoms with Crippen LogP contribution in [0.5, 0.6) is 5.75 Å². The highest BCUT2D eigenvalue weighted by Crippen LogP contribution is 2.35. The molecule has 2 aromatic rings. The van der Waals surface area contributed by atoms with E-state index >= 15 is 0 Å². The minimum atomic E-state index is -0.571. The number of phenolic OH excluding ortho intramolecular Hbond substituents is 1. The first-order valence-corrected chi connectivity index (χ1v) is 6.11. The molecule has 0 aliphatic rings. The van der Waals surface area contributed by atoms with Crippen LogP contribution in [0.3, 0.4) is 0 Å². The Morgan fingerprint density at radius 1 is 1.35 bits per heavy atom. The van der Waals surface area contributed by atoms with Crippen LogP contribution in [-0.2, 0) is 4.79 Å². The molecule has 0 heterocycles. The maximum Gasteiger partial charge on any atom is 0.273 e. The predicted octanol–water partition coefficient (Wildman–Crippen LogP) is 3.05. The molecule has 0 aromatic heterocycles. The number of carbonyl (C=O) groups excluding carboxylic acids is 1. The highest BCUT2D eigenvalue weighted by atomic mass is 16.6. The summed E-state index contributed by atoms with van der Waals surface area (Å²) in [5.41, 5.74) is 0.246. The molecule has 6 nitrogen and oxygen atoms in total. The molecule has 0 bridgehead atoms. The quantitative estimate of drug-likeness (QED) is 0.664. The zero-order valence-corrected chi connectivity index (χ0v) is 11.1. The van der Waals surface area contributed by atoms with Gasteiger partial charge < -0.3 is 10.4 Å². The Morgan fingerprint density at radius 2 is 2.05 bits per heavy atom. The number of carbonyl (C=O) groups is 1. The second-order valence-corrected chi connectivity index (χ2v) is 4.77. The van der Waals surface area contributed by atoms with Gasteiger partial charge in [0.05, 0.1) is 16.7 Å². The lowest BCUT2D eigenvalue weighted by atomic mass is 10.1. The van der Waals surface area contributed by atoms with Gasteiger partial charge in [-0.1, -0.05) is 26.0 Å². The third-order valence-electron chi connectivity index (χ3n) is 2.93. The largest absolute Gasteiger partial charge is 0.507 e. The number of nitrogens with zero attached hydrogens (tertiary/aromatic N) is 1. The van der Waals surface area contributed by atoms with Crippen molar-refractivity contribution in [3.05, 3.63) is 40.4 Å². The molecule has 1 amide bonds. The fourth-order valence-electron chi connectivity index (χ4n) is 1.88. The average Bonchev–Trinajstić information content (AvgIpc) is 2.38. The molecule has 0 aliphatic carbocycles. The smallest absolute Gasteiger partial charge is 0.273 e. The minimum Gasteiger partial charge on any atom is -0.507 e. The number of non-ortho nitro benzene ring substituents is 1. The highest BCUT2D eigenvalue weighted by molar-refractivity contribution is 6.06. The van der Waals surface area contributed by atoms with Gasteiger partial charge in [0.15, 0.2) is 0 Å². The summed E-state index contributed by atoms with van der Waals surface area (Å²) < 4.78 is 0. The van der Waals surface area contributed by atoms with Crippen LogP contribution in [-0.4, -0.2) is 15.9 Å². The van der Waals surface area contributed by atoms with Crippen LogP contribution in [0.4, 0.5) is 11.4 Å². The lowest BCUT2D eigenvalue weighted by molar-refractivity contribution is -0.384. The molecule has 0 fully saturated rings. The van der Waals surface area contributed by atoms with Gasteiger partial charge in [-0.2, -0.15) is 0 Å². The number of benzene rings is 2. The molecule has 0 radical (unpaired) electrons. The Balaban J connectivity index is 2.58. The van der Waals surface area contributed by atoms with Gasteiger partial charge in [-0.25, -0.2) is 0 Å². The van der Waals surface area contributed by atoms with Gasteiger partial charge in [0, 0.05) is 17.4 Å². The number of fused-ring (bicyclic) bond motifs is 1. The standard InChI is InChI=1S/C14H14N2O4/c1-8(2)14(18)15-11-5-3-4-9-6-10(16(19)20)7-12(17)13(9)11/h3-8,17H,1-2H3,(H,15,18). The zero-order chi connectivity index (χ0) is 14.9. The van der Waals surface area contributed by atoms with Crippen LogP contribution >= 0.6 is 0 Å². The second kappa shape index (κ2) is 5.16. The summed E-state index contributed by atoms with van der Waals surface area (Å²) in [6.07, 6.45) is 0. The molecular weight excluding hydrogens is 260 g/mol. The zero-order valence-electron chi connectivity index (χ0n) is 11.1. The molecular formula is C14H14N2O4. The van der Waals surface area contributed by atoms with Crippen LogP contribution in [0, 0.1) is 16.0 Å². The maximum atomic E-state index is 11.7. The van der Waals surface area contributed by atoms with Crippen molar-refractivity contribution in [1.29, 1.82) is 0 Å². The van der Waals surface area contributed by atoms with Crippen molar-refractivity contribution >= 4 is 28.1 Å². The van der Waals surface area contributed by atoms with Gasteiger partial charge in [-0.15, -0.1) is 0 Å². The molecule has 0 saturated carbocycles. The lowest BCUT2D eigenvalue weighted by Gasteiger charge is -2.11. The Morgan fingerprint density at radius 3 is 2.65 bits per heavy atom. The number of nitro benzene ring substituents is 1. The van der Waals surface area contributed by atoms with E-state index in [1.807, 2.05) is 0 Å². The molecule has 2 rings (SSSR count). The molecule has 0 atom stereocenters. The van der Waals surface area contributed by atoms with E-state index in [9.17, 15) is 20.0 Å². The van der Waals surface area contributed by atoms with Crippen molar-refractivity contribution in [2.24, 2.45) is 5.92 Å². The second-order valence-electron chi connectivity index (χ2n) is 4.77. The summed E-state index contributed by atoms with van der Waals surface area (Å²) in [7, 11) is 0. The highest BCUT2D eigenvalue weighted by Gasteiger charge is 2.15. The number of amides is 1. The van der Waals surface area contributed by atoms with E-state index in [-0.39, 0.29) is 23.3 Å². The Bertz CT molecular complexity index is 695. The minimum absolute atomic E-state index is 0.185. The molecule has 0 saturated heterocycles. The summed E-state index contributed by atoms with van der Waals surface area (Å²) >= 11 is 0. The Labute approximate surface area is 115 Å². The SMILES string of the molecule is CC(C)C(=O)Nc1cccc2cc([N+](=O)[O-])cc(O)c12. The van der Waals surface area contributed by atoms with Gasteiger partial charge in [-0.3, -0.25) is 14.9 Å². The summed E-state index contributed by atoms with van der Waals surface area (Å²) in [6, 6.07) is 7.40. The molecule has 0 spiro atoms. The molecule has 20 heavy (non-hydrogen) atoms. The van der Waals surface area contributed by atoms with Gasteiger partial charge in [0.25, 0.3) is 5.69 Å². The Kier molecular flexibility index (Phi) is 3.56. The number of phenols is 1. The van der Waals surface area contributed by atoms with Gasteiger partial charge in [0.2, 0.25) is 5.91 Å². The van der Waals surface area contributed by atoms with Crippen molar-refractivity contribution in [3.8, 4) is 5.75 Å². The normalized spacial score (nSPS) is 10.8. The van der Waals surface area contributed by atoms with Crippen LogP contribution in [0.15, 0.2) is 30.3 Å². The van der Waals surface area contributed by atoms with E-state index < -0.39 is 4.92 Å². The summed E-state index contributed by atoms with van der Waals surface area (Å²) in [5, 5.41) is 24.4. The van der Waals surface area contributed by atoms with E-state index in [1.165, 1.54) is 6.07 Å². The van der Waals surface area contributed by atoms with E-state index in [1.54, 1.807) is 32.0 Å². The van der Waals surface area contributed by atoms with Gasteiger partial charge in [-0.05, 0) is 11.5 Å². The van der Waals surface area contributed by atoms with E-state index in [4.69, 9.17) is 0 Å². The molecule has 0 aliphatic heterocycles. The number of rotatable bonds is 3. The van der Waals surface area contributed by atoms with Crippen molar-refractivity contribution in [2.45, 2.75) is 13.8 Å². The number of nitro groups is 1. The van der Waals surface area contributed by atoms with E-state index in [0.717, 1.165) is 6.07 Å². The van der Waals surface area contributed by atoms with Crippen molar-refractivity contribution in [1.82, 2.24) is 0 Å². The number of anilines is 1. The van der Waals surface area contributed by atoms with Crippen molar-refractivity contribution < 1.29 is 14.8 Å². The topological polar surface area (TPSA) is 92.5 Å². The van der Waals surface area contributed by atoms with E-state index in [2.05, 4.69) is 5.32 Å². The number of nitrogens with one attached hydrogen (secondary N) is 1. The number of hydrogen-bond donors (Lipinski definition) is 2. The average molecular weight is 274 g/mol. The van der Waals surface area contributed by atoms with Gasteiger partial charge in [0.1, 0.15) is 5.75 Å². The summed E-state index contributed by atoms with van der Waals surface area (Å²) in [6.45, 7) is 3.51. The molecule has 6 heteroatoms. The van der Waals surface area contributed by atoms with Crippen LogP contribution in [0.2, 0.25) is 0 Å². The third kappa shape index (κ3) is 2.54. The first-order chi connectivity index (χ1) is 9.40. The third-order valence-corrected chi connectivity index (χ3v) is 2.93. The first kappa shape index (κ1) is 13.8. The molecule has 104 valence electrons. The molecule has 0 unspecified atom stereocenters. The fraction of sp³-hybridized carbons (Fsp3) is 0.214. The van der Waals surface area contributed by atoms with E-state index in [0.29, 0.717) is 16.5 Å². The van der Waals surface area contributed by atoms with Crippen molar-refractivity contribution in [3.63, 3.8) is 0 Å². The monoisotopic (exact) mass is 274 g/mol. The molecule has 2 aromatic carbocycles. The maximum absolute atomic E-state index is 11.7. The first-order valence-electron chi connectivity index (χ1n) is 6.11. The van der Waals surface area contributed by atoms with Crippen LogP contribution in [0.1, 0.15) is 13.8 Å².